The van der Waals surface area contributed by atoms with Gasteiger partial charge in [-0.2, -0.15) is 0 Å². The SMILES string of the molecule is C[Si]1(C)c2cc3ccccc3cc2-c2c(-c3nc(-c4ccccc4)nc(-c4ccc(-c5ccc6ccccc6c5)cc4)n3)cccc21. The minimum Gasteiger partial charge on any atom is -0.208 e. The number of fused-ring (bicyclic) bond motifs is 5. The molecule has 1 aromatic heterocycles. The van der Waals surface area contributed by atoms with Crippen LogP contribution in [0.5, 0.6) is 0 Å². The molecule has 4 heteroatoms. The molecule has 222 valence electrons. The van der Waals surface area contributed by atoms with Crippen LogP contribution in [0, 0.1) is 0 Å². The third kappa shape index (κ3) is 4.60. The minimum atomic E-state index is -1.95. The molecule has 1 aliphatic rings. The highest BCUT2D eigenvalue weighted by atomic mass is 28.3. The van der Waals surface area contributed by atoms with Crippen molar-refractivity contribution >= 4 is 40.0 Å². The molecule has 0 spiro atoms. The Labute approximate surface area is 275 Å². The zero-order valence-corrected chi connectivity index (χ0v) is 27.3. The normalized spacial score (nSPS) is 13.1. The van der Waals surface area contributed by atoms with E-state index < -0.39 is 8.07 Å². The first kappa shape index (κ1) is 27.6. The molecule has 0 unspecified atom stereocenters. The summed E-state index contributed by atoms with van der Waals surface area (Å²) in [5, 5.41) is 7.94. The standard InChI is InChI=1S/C43H31N3Si/c1-47(2)38-18-10-17-36(40(38)37-26-33-15-8-9-16-34(33)27-39(37)47)43-45-41(30-12-4-3-5-13-30)44-42(46-43)31-22-19-29(20-23-31)35-24-21-28-11-6-7-14-32(28)25-35/h3-27H,1-2H3. The van der Waals surface area contributed by atoms with Crippen molar-refractivity contribution in [2.24, 2.45) is 0 Å². The molecular weight excluding hydrogens is 587 g/mol. The number of rotatable bonds is 4. The van der Waals surface area contributed by atoms with Crippen molar-refractivity contribution < 1.29 is 0 Å². The Morgan fingerprint density at radius 3 is 1.64 bits per heavy atom. The van der Waals surface area contributed by atoms with Crippen molar-refractivity contribution in [3.05, 3.63) is 152 Å². The fourth-order valence-corrected chi connectivity index (χ4v) is 10.3. The van der Waals surface area contributed by atoms with Gasteiger partial charge in [0.1, 0.15) is 8.07 Å². The zero-order valence-electron chi connectivity index (χ0n) is 26.3. The first-order valence-electron chi connectivity index (χ1n) is 16.1. The number of hydrogen-bond acceptors (Lipinski definition) is 3. The molecule has 8 aromatic rings. The monoisotopic (exact) mass is 617 g/mol. The Morgan fingerprint density at radius 1 is 0.362 bits per heavy atom. The molecule has 0 radical (unpaired) electrons. The molecule has 0 saturated heterocycles. The average Bonchev–Trinajstić information content (AvgIpc) is 3.36. The van der Waals surface area contributed by atoms with Crippen molar-refractivity contribution in [1.82, 2.24) is 15.0 Å². The number of nitrogens with zero attached hydrogens (tertiary/aromatic N) is 3. The molecule has 7 aromatic carbocycles. The molecule has 0 amide bonds. The van der Waals surface area contributed by atoms with Crippen LogP contribution in [0.2, 0.25) is 13.1 Å². The van der Waals surface area contributed by atoms with E-state index in [4.69, 9.17) is 15.0 Å². The largest absolute Gasteiger partial charge is 0.208 e. The van der Waals surface area contributed by atoms with Crippen molar-refractivity contribution in [1.29, 1.82) is 0 Å². The van der Waals surface area contributed by atoms with Gasteiger partial charge < -0.3 is 0 Å². The molecule has 3 nitrogen and oxygen atoms in total. The van der Waals surface area contributed by atoms with Crippen LogP contribution in [0.4, 0.5) is 0 Å². The van der Waals surface area contributed by atoms with Gasteiger partial charge in [0.2, 0.25) is 0 Å². The van der Waals surface area contributed by atoms with Gasteiger partial charge in [-0.1, -0.05) is 153 Å². The fraction of sp³-hybridized carbons (Fsp3) is 0.0465. The molecule has 1 aliphatic heterocycles. The van der Waals surface area contributed by atoms with Gasteiger partial charge in [0.05, 0.1) is 0 Å². The third-order valence-corrected chi connectivity index (χ3v) is 13.2. The molecule has 0 N–H and O–H groups in total. The average molecular weight is 618 g/mol. The predicted molar refractivity (Wildman–Crippen MR) is 199 cm³/mol. The second-order valence-electron chi connectivity index (χ2n) is 12.9. The molecule has 2 heterocycles. The van der Waals surface area contributed by atoms with Crippen molar-refractivity contribution in [2.75, 3.05) is 0 Å². The van der Waals surface area contributed by atoms with E-state index in [-0.39, 0.29) is 0 Å². The molecule has 0 bridgehead atoms. The molecule has 0 atom stereocenters. The summed E-state index contributed by atoms with van der Waals surface area (Å²) in [6.07, 6.45) is 0. The Morgan fingerprint density at radius 2 is 0.915 bits per heavy atom. The summed E-state index contributed by atoms with van der Waals surface area (Å²) < 4.78 is 0. The highest BCUT2D eigenvalue weighted by Gasteiger charge is 2.39. The van der Waals surface area contributed by atoms with Gasteiger partial charge in [0.25, 0.3) is 0 Å². The summed E-state index contributed by atoms with van der Waals surface area (Å²) >= 11 is 0. The van der Waals surface area contributed by atoms with Crippen molar-refractivity contribution in [3.8, 4) is 56.4 Å². The molecule has 0 saturated carbocycles. The van der Waals surface area contributed by atoms with Crippen LogP contribution in [-0.4, -0.2) is 23.0 Å². The maximum Gasteiger partial charge on any atom is 0.164 e. The quantitative estimate of drug-likeness (QED) is 0.185. The maximum absolute atomic E-state index is 5.20. The van der Waals surface area contributed by atoms with E-state index in [2.05, 4.69) is 147 Å². The van der Waals surface area contributed by atoms with Gasteiger partial charge in [-0.15, -0.1) is 0 Å². The lowest BCUT2D eigenvalue weighted by Gasteiger charge is -2.19. The summed E-state index contributed by atoms with van der Waals surface area (Å²) in [5.74, 6) is 2.05. The number of hydrogen-bond donors (Lipinski definition) is 0. The Bertz CT molecular complexity index is 2480. The smallest absolute Gasteiger partial charge is 0.164 e. The molecule has 0 aliphatic carbocycles. The molecule has 9 rings (SSSR count). The lowest BCUT2D eigenvalue weighted by Crippen LogP contribution is -2.49. The van der Waals surface area contributed by atoms with Crippen LogP contribution in [0.15, 0.2) is 152 Å². The Balaban J connectivity index is 1.21. The molecular formula is C43H31N3Si. The number of aromatic nitrogens is 3. The first-order chi connectivity index (χ1) is 23.0. The summed E-state index contributed by atoms with van der Waals surface area (Å²) in [4.78, 5) is 15.4. The van der Waals surface area contributed by atoms with Gasteiger partial charge >= 0.3 is 0 Å². The van der Waals surface area contributed by atoms with Crippen LogP contribution in [0.3, 0.4) is 0 Å². The van der Waals surface area contributed by atoms with E-state index in [1.165, 1.54) is 48.6 Å². The van der Waals surface area contributed by atoms with Gasteiger partial charge in [0.15, 0.2) is 17.5 Å². The summed E-state index contributed by atoms with van der Waals surface area (Å²) in [6, 6.07) is 54.1. The van der Waals surface area contributed by atoms with Crippen LogP contribution in [0.25, 0.3) is 78.0 Å². The van der Waals surface area contributed by atoms with Gasteiger partial charge in [-0.3, -0.25) is 0 Å². The zero-order chi connectivity index (χ0) is 31.5. The van der Waals surface area contributed by atoms with E-state index in [0.29, 0.717) is 17.5 Å². The maximum atomic E-state index is 5.20. The van der Waals surface area contributed by atoms with E-state index in [0.717, 1.165) is 22.3 Å². The van der Waals surface area contributed by atoms with E-state index >= 15 is 0 Å². The molecule has 47 heavy (non-hydrogen) atoms. The van der Waals surface area contributed by atoms with Crippen LogP contribution in [0.1, 0.15) is 0 Å². The number of benzene rings is 7. The third-order valence-electron chi connectivity index (χ3n) is 9.70. The minimum absolute atomic E-state index is 0.671. The summed E-state index contributed by atoms with van der Waals surface area (Å²) in [6.45, 7) is 4.92. The van der Waals surface area contributed by atoms with Gasteiger partial charge in [0, 0.05) is 16.7 Å². The van der Waals surface area contributed by atoms with Crippen molar-refractivity contribution in [2.45, 2.75) is 13.1 Å². The predicted octanol–water partition coefficient (Wildman–Crippen LogP) is 9.65. The van der Waals surface area contributed by atoms with Gasteiger partial charge in [-0.25, -0.2) is 15.0 Å². The van der Waals surface area contributed by atoms with E-state index in [1.54, 1.807) is 0 Å². The summed E-state index contributed by atoms with van der Waals surface area (Å²) in [5.41, 5.74) is 7.93. The van der Waals surface area contributed by atoms with Crippen LogP contribution in [-0.2, 0) is 0 Å². The van der Waals surface area contributed by atoms with Gasteiger partial charge in [-0.05, 0) is 66.3 Å². The highest BCUT2D eigenvalue weighted by Crippen LogP contribution is 2.38. The lowest BCUT2D eigenvalue weighted by molar-refractivity contribution is 1.07. The Hall–Kier alpha value is -5.71. The highest BCUT2D eigenvalue weighted by molar-refractivity contribution is 7.04. The molecule has 0 fully saturated rings. The first-order valence-corrected chi connectivity index (χ1v) is 19.1. The second-order valence-corrected chi connectivity index (χ2v) is 17.2. The summed E-state index contributed by atoms with van der Waals surface area (Å²) in [7, 11) is -1.95. The van der Waals surface area contributed by atoms with E-state index in [1.807, 2.05) is 18.2 Å². The Kier molecular flexibility index (Phi) is 6.27. The topological polar surface area (TPSA) is 38.7 Å². The van der Waals surface area contributed by atoms with Crippen LogP contribution >= 0.6 is 0 Å². The second kappa shape index (κ2) is 10.7. The lowest BCUT2D eigenvalue weighted by atomic mass is 9.96. The fourth-order valence-electron chi connectivity index (χ4n) is 7.18. The van der Waals surface area contributed by atoms with E-state index in [9.17, 15) is 0 Å². The van der Waals surface area contributed by atoms with Crippen molar-refractivity contribution in [3.63, 3.8) is 0 Å². The van der Waals surface area contributed by atoms with Crippen LogP contribution < -0.4 is 10.4 Å².